The molecule has 0 fully saturated rings. The van der Waals surface area contributed by atoms with Crippen molar-refractivity contribution in [3.05, 3.63) is 35.4 Å². The van der Waals surface area contributed by atoms with Crippen molar-refractivity contribution in [3.8, 4) is 11.3 Å². The van der Waals surface area contributed by atoms with Gasteiger partial charge >= 0.3 is 0 Å². The van der Waals surface area contributed by atoms with Gasteiger partial charge in [0.25, 0.3) is 5.56 Å². The summed E-state index contributed by atoms with van der Waals surface area (Å²) in [5, 5.41) is 0. The molecule has 1 N–H and O–H groups in total. The third kappa shape index (κ3) is 1.24. The van der Waals surface area contributed by atoms with Gasteiger partial charge in [0.1, 0.15) is 0 Å². The van der Waals surface area contributed by atoms with Crippen molar-refractivity contribution >= 4 is 0 Å². The van der Waals surface area contributed by atoms with Gasteiger partial charge in [0.15, 0.2) is 0 Å². The van der Waals surface area contributed by atoms with Crippen molar-refractivity contribution in [1.82, 2.24) is 19.5 Å². The zero-order chi connectivity index (χ0) is 9.26. The highest BCUT2D eigenvalue weighted by molar-refractivity contribution is 5.55. The Morgan fingerprint density at radius 3 is 2.85 bits per heavy atom. The topological polar surface area (TPSA) is 63.6 Å². The number of aromatic amines is 1. The first-order valence-electron chi connectivity index (χ1n) is 3.78. The lowest BCUT2D eigenvalue weighted by atomic mass is 10.2. The molecule has 5 nitrogen and oxygen atoms in total. The van der Waals surface area contributed by atoms with Crippen LogP contribution in [0.3, 0.4) is 0 Å². The molecule has 0 aromatic carbocycles. The molecule has 0 aliphatic heterocycles. The van der Waals surface area contributed by atoms with E-state index >= 15 is 0 Å². The summed E-state index contributed by atoms with van der Waals surface area (Å²) in [5.74, 6) is 0. The molecule has 0 aliphatic carbocycles. The van der Waals surface area contributed by atoms with Gasteiger partial charge in [0, 0.05) is 13.2 Å². The fourth-order valence-corrected chi connectivity index (χ4v) is 1.14. The molecule has 2 rings (SSSR count). The molecule has 0 bridgehead atoms. The van der Waals surface area contributed by atoms with Crippen molar-refractivity contribution in [2.24, 2.45) is 7.05 Å². The average molecular weight is 176 g/mol. The standard InChI is InChI=1S/C8H8N4O/c1-12-5-10-3-7(12)6-2-9-4-11-8(6)13/h2-5H,1H3,(H,9,11,13). The average Bonchev–Trinajstić information content (AvgIpc) is 2.52. The van der Waals surface area contributed by atoms with Gasteiger partial charge in [0.2, 0.25) is 0 Å². The van der Waals surface area contributed by atoms with Gasteiger partial charge in [-0.15, -0.1) is 0 Å². The van der Waals surface area contributed by atoms with Crippen LogP contribution in [0.25, 0.3) is 11.3 Å². The van der Waals surface area contributed by atoms with Crippen LogP contribution >= 0.6 is 0 Å². The maximum atomic E-state index is 11.3. The normalized spacial score (nSPS) is 10.2. The van der Waals surface area contributed by atoms with Crippen LogP contribution in [-0.4, -0.2) is 19.5 Å². The van der Waals surface area contributed by atoms with Gasteiger partial charge in [0.05, 0.1) is 30.1 Å². The molecule has 0 spiro atoms. The van der Waals surface area contributed by atoms with Gasteiger partial charge in [-0.05, 0) is 0 Å². The van der Waals surface area contributed by atoms with E-state index in [1.165, 1.54) is 12.5 Å². The smallest absolute Gasteiger partial charge is 0.260 e. The lowest BCUT2D eigenvalue weighted by Gasteiger charge is -1.98. The van der Waals surface area contributed by atoms with Crippen LogP contribution in [0, 0.1) is 0 Å². The summed E-state index contributed by atoms with van der Waals surface area (Å²) in [4.78, 5) is 21.6. The van der Waals surface area contributed by atoms with Crippen LogP contribution in [0.2, 0.25) is 0 Å². The second kappa shape index (κ2) is 2.85. The fourth-order valence-electron chi connectivity index (χ4n) is 1.14. The van der Waals surface area contributed by atoms with E-state index in [1.54, 1.807) is 17.1 Å². The Kier molecular flexibility index (Phi) is 1.70. The summed E-state index contributed by atoms with van der Waals surface area (Å²) in [6, 6.07) is 0. The quantitative estimate of drug-likeness (QED) is 0.673. The number of imidazole rings is 1. The maximum Gasteiger partial charge on any atom is 0.260 e. The van der Waals surface area contributed by atoms with E-state index in [2.05, 4.69) is 15.0 Å². The molecule has 66 valence electrons. The van der Waals surface area contributed by atoms with E-state index in [-0.39, 0.29) is 5.56 Å². The molecule has 0 atom stereocenters. The van der Waals surface area contributed by atoms with E-state index in [4.69, 9.17) is 0 Å². The Morgan fingerprint density at radius 1 is 1.38 bits per heavy atom. The molecule has 0 saturated heterocycles. The zero-order valence-electron chi connectivity index (χ0n) is 7.06. The van der Waals surface area contributed by atoms with Gasteiger partial charge < -0.3 is 9.55 Å². The molecule has 0 radical (unpaired) electrons. The minimum atomic E-state index is -0.154. The van der Waals surface area contributed by atoms with Gasteiger partial charge in [-0.2, -0.15) is 0 Å². The molecule has 2 heterocycles. The Labute approximate surface area is 74.1 Å². The van der Waals surface area contributed by atoms with E-state index in [1.807, 2.05) is 7.05 Å². The second-order valence-corrected chi connectivity index (χ2v) is 2.68. The predicted molar refractivity (Wildman–Crippen MR) is 47.1 cm³/mol. The van der Waals surface area contributed by atoms with Crippen LogP contribution in [-0.2, 0) is 7.05 Å². The van der Waals surface area contributed by atoms with Gasteiger partial charge in [-0.25, -0.2) is 9.97 Å². The molecule has 0 unspecified atom stereocenters. The molecular weight excluding hydrogens is 168 g/mol. The van der Waals surface area contributed by atoms with E-state index in [0.717, 1.165) is 5.69 Å². The van der Waals surface area contributed by atoms with Crippen molar-refractivity contribution in [3.63, 3.8) is 0 Å². The Bertz CT molecular complexity index is 471. The Morgan fingerprint density at radius 2 is 2.23 bits per heavy atom. The summed E-state index contributed by atoms with van der Waals surface area (Å²) in [7, 11) is 1.83. The molecule has 5 heteroatoms. The molecule has 13 heavy (non-hydrogen) atoms. The number of aromatic nitrogens is 4. The Balaban J connectivity index is 2.66. The van der Waals surface area contributed by atoms with Crippen molar-refractivity contribution in [2.45, 2.75) is 0 Å². The highest BCUT2D eigenvalue weighted by atomic mass is 16.1. The molecule has 2 aromatic rings. The highest BCUT2D eigenvalue weighted by Crippen LogP contribution is 2.10. The third-order valence-corrected chi connectivity index (χ3v) is 1.81. The molecule has 0 saturated carbocycles. The zero-order valence-corrected chi connectivity index (χ0v) is 7.06. The highest BCUT2D eigenvalue weighted by Gasteiger charge is 2.05. The lowest BCUT2D eigenvalue weighted by Crippen LogP contribution is -2.10. The van der Waals surface area contributed by atoms with Crippen LogP contribution in [0.5, 0.6) is 0 Å². The van der Waals surface area contributed by atoms with Crippen LogP contribution in [0.4, 0.5) is 0 Å². The third-order valence-electron chi connectivity index (χ3n) is 1.81. The summed E-state index contributed by atoms with van der Waals surface area (Å²) < 4.78 is 1.77. The fraction of sp³-hybridized carbons (Fsp3) is 0.125. The van der Waals surface area contributed by atoms with Crippen molar-refractivity contribution < 1.29 is 0 Å². The van der Waals surface area contributed by atoms with E-state index in [0.29, 0.717) is 5.56 Å². The summed E-state index contributed by atoms with van der Waals surface area (Å²) in [6.07, 6.45) is 6.16. The van der Waals surface area contributed by atoms with Crippen molar-refractivity contribution in [2.75, 3.05) is 0 Å². The number of aryl methyl sites for hydroxylation is 1. The van der Waals surface area contributed by atoms with Crippen LogP contribution in [0.1, 0.15) is 0 Å². The first-order chi connectivity index (χ1) is 6.29. The Hall–Kier alpha value is -1.91. The SMILES string of the molecule is Cn1cncc1-c1cnc[nH]c1=O. The van der Waals surface area contributed by atoms with Crippen molar-refractivity contribution in [1.29, 1.82) is 0 Å². The first-order valence-corrected chi connectivity index (χ1v) is 3.78. The summed E-state index contributed by atoms with van der Waals surface area (Å²) in [5.41, 5.74) is 1.13. The largest absolute Gasteiger partial charge is 0.334 e. The van der Waals surface area contributed by atoms with Gasteiger partial charge in [-0.3, -0.25) is 4.79 Å². The number of hydrogen-bond acceptors (Lipinski definition) is 3. The lowest BCUT2D eigenvalue weighted by molar-refractivity contribution is 0.916. The second-order valence-electron chi connectivity index (χ2n) is 2.68. The molecular formula is C8H8N4O. The maximum absolute atomic E-state index is 11.3. The minimum absolute atomic E-state index is 0.154. The molecule has 0 aliphatic rings. The molecule has 2 aromatic heterocycles. The van der Waals surface area contributed by atoms with E-state index in [9.17, 15) is 4.79 Å². The van der Waals surface area contributed by atoms with Crippen LogP contribution < -0.4 is 5.56 Å². The molecule has 0 amide bonds. The van der Waals surface area contributed by atoms with Gasteiger partial charge in [-0.1, -0.05) is 0 Å². The first kappa shape index (κ1) is 7.72. The monoisotopic (exact) mass is 176 g/mol. The number of rotatable bonds is 1. The summed E-state index contributed by atoms with van der Waals surface area (Å²) in [6.45, 7) is 0. The number of nitrogens with one attached hydrogen (secondary N) is 1. The number of H-pyrrole nitrogens is 1. The predicted octanol–water partition coefficient (Wildman–Crippen LogP) is 0.170. The minimum Gasteiger partial charge on any atom is -0.334 e. The number of hydrogen-bond donors (Lipinski definition) is 1. The summed E-state index contributed by atoms with van der Waals surface area (Å²) >= 11 is 0. The van der Waals surface area contributed by atoms with E-state index < -0.39 is 0 Å². The van der Waals surface area contributed by atoms with Crippen LogP contribution in [0.15, 0.2) is 29.8 Å². The number of nitrogens with zero attached hydrogens (tertiary/aromatic N) is 3.